The van der Waals surface area contributed by atoms with Gasteiger partial charge in [0.1, 0.15) is 0 Å². The summed E-state index contributed by atoms with van der Waals surface area (Å²) in [5.74, 6) is 1.96. The number of benzene rings is 1. The van der Waals surface area contributed by atoms with Gasteiger partial charge in [-0.3, -0.25) is 4.79 Å². The molecule has 0 heterocycles. The molecule has 0 bridgehead atoms. The monoisotopic (exact) mass is 317 g/mol. The van der Waals surface area contributed by atoms with Crippen LogP contribution < -0.4 is 14.8 Å². The normalized spacial score (nSPS) is 17.8. The molecule has 0 aromatic heterocycles. The Balaban J connectivity index is 1.99. The number of hydrogen-bond donors (Lipinski definition) is 1. The molecule has 2 rings (SSSR count). The lowest BCUT2D eigenvalue weighted by molar-refractivity contribution is -0.122. The number of nitrogens with one attached hydrogen (secondary N) is 1. The molecule has 4 heteroatoms. The molecule has 0 saturated heterocycles. The van der Waals surface area contributed by atoms with Crippen molar-refractivity contribution in [3.05, 3.63) is 35.9 Å². The minimum absolute atomic E-state index is 0.0530. The number of carbonyl (C=O) groups is 1. The predicted octanol–water partition coefficient (Wildman–Crippen LogP) is 4.02. The summed E-state index contributed by atoms with van der Waals surface area (Å²) >= 11 is 0. The van der Waals surface area contributed by atoms with Crippen molar-refractivity contribution < 1.29 is 14.3 Å². The molecular weight excluding hydrogens is 290 g/mol. The van der Waals surface area contributed by atoms with Gasteiger partial charge in [0.2, 0.25) is 5.91 Å². The Labute approximate surface area is 138 Å². The van der Waals surface area contributed by atoms with Gasteiger partial charge >= 0.3 is 0 Å². The van der Waals surface area contributed by atoms with Gasteiger partial charge in [0, 0.05) is 6.42 Å². The van der Waals surface area contributed by atoms with E-state index < -0.39 is 0 Å². The summed E-state index contributed by atoms with van der Waals surface area (Å²) in [7, 11) is 0. The maximum absolute atomic E-state index is 12.2. The largest absolute Gasteiger partial charge is 0.490 e. The topological polar surface area (TPSA) is 47.6 Å². The van der Waals surface area contributed by atoms with Crippen LogP contribution in [0, 0.1) is 5.92 Å². The van der Waals surface area contributed by atoms with Crippen LogP contribution in [0.1, 0.15) is 51.6 Å². The van der Waals surface area contributed by atoms with Crippen molar-refractivity contribution in [2.75, 3.05) is 13.2 Å². The molecule has 1 aromatic rings. The van der Waals surface area contributed by atoms with Crippen molar-refractivity contribution >= 4 is 5.91 Å². The molecule has 0 saturated carbocycles. The molecule has 1 aliphatic rings. The maximum atomic E-state index is 12.2. The van der Waals surface area contributed by atoms with Gasteiger partial charge < -0.3 is 14.8 Å². The average Bonchev–Trinajstić information content (AvgIpc) is 3.02. The lowest BCUT2D eigenvalue weighted by Gasteiger charge is -2.18. The summed E-state index contributed by atoms with van der Waals surface area (Å²) in [6.45, 7) is 7.07. The summed E-state index contributed by atoms with van der Waals surface area (Å²) in [6, 6.07) is 5.79. The average molecular weight is 317 g/mol. The van der Waals surface area contributed by atoms with Crippen LogP contribution in [-0.2, 0) is 4.79 Å². The Bertz CT molecular complexity index is 554. The predicted molar refractivity (Wildman–Crippen MR) is 91.8 cm³/mol. The van der Waals surface area contributed by atoms with Crippen molar-refractivity contribution in [1.29, 1.82) is 0 Å². The molecule has 1 aromatic carbocycles. The van der Waals surface area contributed by atoms with Crippen LogP contribution in [-0.4, -0.2) is 19.1 Å². The van der Waals surface area contributed by atoms with E-state index in [4.69, 9.17) is 9.47 Å². The highest BCUT2D eigenvalue weighted by molar-refractivity contribution is 5.77. The van der Waals surface area contributed by atoms with Gasteiger partial charge in [-0.15, -0.1) is 0 Å². The number of amides is 1. The van der Waals surface area contributed by atoms with Crippen molar-refractivity contribution in [1.82, 2.24) is 5.32 Å². The maximum Gasteiger partial charge on any atom is 0.221 e. The fraction of sp³-hybridized carbons (Fsp3) is 0.526. The van der Waals surface area contributed by atoms with E-state index in [9.17, 15) is 4.79 Å². The van der Waals surface area contributed by atoms with Crippen LogP contribution in [0.3, 0.4) is 0 Å². The first-order valence-electron chi connectivity index (χ1n) is 8.49. The van der Waals surface area contributed by atoms with Gasteiger partial charge in [-0.2, -0.15) is 0 Å². The number of rotatable bonds is 8. The van der Waals surface area contributed by atoms with Gasteiger partial charge in [0.05, 0.1) is 19.3 Å². The van der Waals surface area contributed by atoms with Crippen molar-refractivity contribution in [3.8, 4) is 11.5 Å². The smallest absolute Gasteiger partial charge is 0.221 e. The van der Waals surface area contributed by atoms with Crippen LogP contribution in [0.2, 0.25) is 0 Å². The van der Waals surface area contributed by atoms with E-state index in [1.165, 1.54) is 0 Å². The van der Waals surface area contributed by atoms with Gasteiger partial charge in [-0.05, 0) is 57.2 Å². The van der Waals surface area contributed by atoms with Gasteiger partial charge in [0.15, 0.2) is 11.5 Å². The Morgan fingerprint density at radius 1 is 1.26 bits per heavy atom. The Morgan fingerprint density at radius 3 is 2.65 bits per heavy atom. The van der Waals surface area contributed by atoms with E-state index in [0.717, 1.165) is 29.9 Å². The third-order valence-corrected chi connectivity index (χ3v) is 4.00. The lowest BCUT2D eigenvalue weighted by Crippen LogP contribution is -2.27. The van der Waals surface area contributed by atoms with E-state index in [0.29, 0.717) is 25.6 Å². The summed E-state index contributed by atoms with van der Waals surface area (Å²) in [5.41, 5.74) is 1.02. The highest BCUT2D eigenvalue weighted by Crippen LogP contribution is 2.31. The zero-order valence-electron chi connectivity index (χ0n) is 14.3. The van der Waals surface area contributed by atoms with E-state index in [2.05, 4.69) is 17.5 Å². The molecule has 0 aliphatic heterocycles. The standard InChI is InChI=1S/C19H27NO3/c1-4-22-17-11-10-16(13-18(17)23-5-2)14(3)20-19(21)12-15-8-6-7-9-15/h6,8,10-11,13-15H,4-5,7,9,12H2,1-3H3,(H,20,21). The first-order valence-corrected chi connectivity index (χ1v) is 8.49. The second kappa shape index (κ2) is 8.61. The second-order valence-corrected chi connectivity index (χ2v) is 5.83. The SMILES string of the molecule is CCOc1ccc(C(C)NC(=O)CC2C=CCC2)cc1OCC. The molecular formula is C19H27NO3. The lowest BCUT2D eigenvalue weighted by atomic mass is 10.0. The molecule has 2 atom stereocenters. The van der Waals surface area contributed by atoms with Crippen molar-refractivity contribution in [2.45, 2.75) is 46.1 Å². The molecule has 2 unspecified atom stereocenters. The highest BCUT2D eigenvalue weighted by Gasteiger charge is 2.17. The zero-order valence-corrected chi connectivity index (χ0v) is 14.3. The Kier molecular flexibility index (Phi) is 6.51. The van der Waals surface area contributed by atoms with E-state index in [1.54, 1.807) is 0 Å². The summed E-state index contributed by atoms with van der Waals surface area (Å²) < 4.78 is 11.2. The molecule has 4 nitrogen and oxygen atoms in total. The van der Waals surface area contributed by atoms with Crippen LogP contribution in [0.25, 0.3) is 0 Å². The fourth-order valence-electron chi connectivity index (χ4n) is 2.82. The molecule has 0 radical (unpaired) electrons. The number of hydrogen-bond acceptors (Lipinski definition) is 3. The summed E-state index contributed by atoms with van der Waals surface area (Å²) in [4.78, 5) is 12.2. The van der Waals surface area contributed by atoms with Gasteiger partial charge in [-0.1, -0.05) is 18.2 Å². The van der Waals surface area contributed by atoms with E-state index in [1.807, 2.05) is 39.0 Å². The third-order valence-electron chi connectivity index (χ3n) is 4.00. The zero-order chi connectivity index (χ0) is 16.7. The molecule has 1 amide bonds. The highest BCUT2D eigenvalue weighted by atomic mass is 16.5. The minimum Gasteiger partial charge on any atom is -0.490 e. The minimum atomic E-state index is -0.0530. The van der Waals surface area contributed by atoms with Crippen LogP contribution in [0.5, 0.6) is 11.5 Å². The molecule has 0 spiro atoms. The number of allylic oxidation sites excluding steroid dienone is 2. The van der Waals surface area contributed by atoms with E-state index >= 15 is 0 Å². The van der Waals surface area contributed by atoms with Crippen LogP contribution in [0.4, 0.5) is 0 Å². The summed E-state index contributed by atoms with van der Waals surface area (Å²) in [5, 5.41) is 3.07. The van der Waals surface area contributed by atoms with Crippen molar-refractivity contribution in [3.63, 3.8) is 0 Å². The summed E-state index contributed by atoms with van der Waals surface area (Å²) in [6.07, 6.45) is 7.04. The second-order valence-electron chi connectivity index (χ2n) is 5.83. The molecule has 23 heavy (non-hydrogen) atoms. The molecule has 126 valence electrons. The Morgan fingerprint density at radius 2 is 2.00 bits per heavy atom. The molecule has 0 fully saturated rings. The third kappa shape index (κ3) is 5.02. The fourth-order valence-corrected chi connectivity index (χ4v) is 2.82. The number of carbonyl (C=O) groups excluding carboxylic acids is 1. The quantitative estimate of drug-likeness (QED) is 0.737. The van der Waals surface area contributed by atoms with Crippen molar-refractivity contribution in [2.24, 2.45) is 5.92 Å². The van der Waals surface area contributed by atoms with Crippen LogP contribution >= 0.6 is 0 Å². The first-order chi connectivity index (χ1) is 11.1. The number of ether oxygens (including phenoxy) is 2. The Hall–Kier alpha value is -1.97. The van der Waals surface area contributed by atoms with Gasteiger partial charge in [0.25, 0.3) is 0 Å². The van der Waals surface area contributed by atoms with Gasteiger partial charge in [-0.25, -0.2) is 0 Å². The first kappa shape index (κ1) is 17.4. The molecule has 1 N–H and O–H groups in total. The molecule has 1 aliphatic carbocycles. The van der Waals surface area contributed by atoms with Crippen LogP contribution in [0.15, 0.2) is 30.4 Å². The van der Waals surface area contributed by atoms with E-state index in [-0.39, 0.29) is 11.9 Å².